The Labute approximate surface area is 186 Å². The fourth-order valence-corrected chi connectivity index (χ4v) is 3.57. The average Bonchev–Trinajstić information content (AvgIpc) is 2.69. The van der Waals surface area contributed by atoms with Gasteiger partial charge in [-0.15, -0.1) is 0 Å². The Hall–Kier alpha value is -2.42. The lowest BCUT2D eigenvalue weighted by atomic mass is 9.97. The Morgan fingerprint density at radius 3 is 2.29 bits per heavy atom. The van der Waals surface area contributed by atoms with Crippen LogP contribution in [-0.2, 0) is 9.53 Å². The molecule has 1 heterocycles. The van der Waals surface area contributed by atoms with E-state index in [0.717, 1.165) is 4.90 Å². The van der Waals surface area contributed by atoms with Gasteiger partial charge in [-0.05, 0) is 87.7 Å². The fraction of sp³-hybridized carbons (Fsp3) is 0.391. The zero-order valence-corrected chi connectivity index (χ0v) is 18.7. The van der Waals surface area contributed by atoms with Crippen LogP contribution < -0.4 is 15.4 Å². The molecule has 1 saturated heterocycles. The second-order valence-electron chi connectivity index (χ2n) is 8.64. The largest absolute Gasteiger partial charge is 0.381 e. The number of hydrogen-bond acceptors (Lipinski definition) is 5. The molecule has 1 unspecified atom stereocenters. The highest BCUT2D eigenvalue weighted by molar-refractivity contribution is 7.97. The van der Waals surface area contributed by atoms with Crippen molar-refractivity contribution in [3.8, 4) is 0 Å². The smallest absolute Gasteiger partial charge is 0.251 e. The molecule has 1 aliphatic rings. The van der Waals surface area contributed by atoms with E-state index in [4.69, 9.17) is 4.74 Å². The van der Waals surface area contributed by atoms with Gasteiger partial charge in [-0.25, -0.2) is 4.39 Å². The first-order valence-electron chi connectivity index (χ1n) is 10.2. The first kappa shape index (κ1) is 23.2. The quantitative estimate of drug-likeness (QED) is 0.536. The number of rotatable bonds is 8. The van der Waals surface area contributed by atoms with Crippen LogP contribution in [0, 0.1) is 11.7 Å². The van der Waals surface area contributed by atoms with E-state index in [1.54, 1.807) is 0 Å². The third kappa shape index (κ3) is 7.34. The van der Waals surface area contributed by atoms with Gasteiger partial charge >= 0.3 is 0 Å². The molecule has 2 aromatic rings. The number of nitrogens with one attached hydrogen (secondary N) is 3. The standard InChI is InChI=1S/C23H28FN3O3S/c1-23(2,3)27-31-19-10-8-18(9-11-19)25-22(29)20(12-15-13-30-14-15)26-21(28)16-4-6-17(24)7-5-16/h4-11,15,20,27H,12-14H2,1-3H3,(H,25,29)(H,26,28). The Balaban J connectivity index is 1.62. The minimum atomic E-state index is -0.719. The van der Waals surface area contributed by atoms with E-state index in [1.807, 2.05) is 24.3 Å². The molecule has 2 aromatic carbocycles. The molecule has 3 rings (SSSR count). The minimum Gasteiger partial charge on any atom is -0.381 e. The van der Waals surface area contributed by atoms with Gasteiger partial charge in [-0.3, -0.25) is 14.3 Å². The van der Waals surface area contributed by atoms with Gasteiger partial charge in [0, 0.05) is 27.6 Å². The van der Waals surface area contributed by atoms with Gasteiger partial charge in [0.15, 0.2) is 0 Å². The summed E-state index contributed by atoms with van der Waals surface area (Å²) in [7, 11) is 0. The lowest BCUT2D eigenvalue weighted by molar-refractivity contribution is -0.119. The first-order valence-corrected chi connectivity index (χ1v) is 11.0. The van der Waals surface area contributed by atoms with E-state index in [0.29, 0.717) is 30.9 Å². The molecule has 166 valence electrons. The molecule has 0 spiro atoms. The van der Waals surface area contributed by atoms with E-state index < -0.39 is 17.8 Å². The Morgan fingerprint density at radius 2 is 1.74 bits per heavy atom. The van der Waals surface area contributed by atoms with E-state index in [-0.39, 0.29) is 17.4 Å². The van der Waals surface area contributed by atoms with Crippen molar-refractivity contribution >= 4 is 29.4 Å². The van der Waals surface area contributed by atoms with Gasteiger partial charge in [0.05, 0.1) is 13.2 Å². The molecule has 0 aromatic heterocycles. The summed E-state index contributed by atoms with van der Waals surface area (Å²) in [5, 5.41) is 5.65. The van der Waals surface area contributed by atoms with E-state index in [1.165, 1.54) is 36.2 Å². The van der Waals surface area contributed by atoms with Crippen molar-refractivity contribution in [1.82, 2.24) is 10.0 Å². The van der Waals surface area contributed by atoms with Crippen molar-refractivity contribution in [3.63, 3.8) is 0 Å². The normalized spacial score (nSPS) is 15.1. The SMILES string of the molecule is CC(C)(C)NSc1ccc(NC(=O)C(CC2COC2)NC(=O)c2ccc(F)cc2)cc1. The lowest BCUT2D eigenvalue weighted by Gasteiger charge is -2.29. The van der Waals surface area contributed by atoms with Crippen LogP contribution in [0.4, 0.5) is 10.1 Å². The van der Waals surface area contributed by atoms with Crippen molar-refractivity contribution in [2.75, 3.05) is 18.5 Å². The van der Waals surface area contributed by atoms with Crippen LogP contribution in [0.15, 0.2) is 53.4 Å². The summed E-state index contributed by atoms with van der Waals surface area (Å²) < 4.78 is 21.7. The number of ether oxygens (including phenoxy) is 1. The molecule has 1 fully saturated rings. The van der Waals surface area contributed by atoms with Crippen LogP contribution >= 0.6 is 11.9 Å². The predicted octanol–water partition coefficient (Wildman–Crippen LogP) is 3.99. The van der Waals surface area contributed by atoms with Crippen LogP contribution in [0.25, 0.3) is 0 Å². The molecular formula is C23H28FN3O3S. The first-order chi connectivity index (χ1) is 14.7. The number of carbonyl (C=O) groups is 2. The van der Waals surface area contributed by atoms with Crippen LogP contribution in [0.2, 0.25) is 0 Å². The summed E-state index contributed by atoms with van der Waals surface area (Å²) >= 11 is 1.53. The Bertz CT molecular complexity index is 894. The predicted molar refractivity (Wildman–Crippen MR) is 120 cm³/mol. The summed E-state index contributed by atoms with van der Waals surface area (Å²) in [5.41, 5.74) is 0.937. The highest BCUT2D eigenvalue weighted by Crippen LogP contribution is 2.22. The molecule has 2 amide bonds. The molecule has 0 saturated carbocycles. The van der Waals surface area contributed by atoms with E-state index in [2.05, 4.69) is 36.1 Å². The van der Waals surface area contributed by atoms with Crippen molar-refractivity contribution in [2.24, 2.45) is 5.92 Å². The number of halogens is 1. The summed E-state index contributed by atoms with van der Waals surface area (Å²) in [6.45, 7) is 7.40. The number of benzene rings is 2. The zero-order chi connectivity index (χ0) is 22.4. The average molecular weight is 446 g/mol. The summed E-state index contributed by atoms with van der Waals surface area (Å²) in [6.07, 6.45) is 0.474. The van der Waals surface area contributed by atoms with Crippen LogP contribution in [-0.4, -0.2) is 36.6 Å². The second-order valence-corrected chi connectivity index (χ2v) is 9.52. The number of carbonyl (C=O) groups excluding carboxylic acids is 2. The van der Waals surface area contributed by atoms with Crippen LogP contribution in [0.3, 0.4) is 0 Å². The molecule has 1 aliphatic heterocycles. The third-order valence-corrected chi connectivity index (χ3v) is 5.82. The molecular weight excluding hydrogens is 417 g/mol. The van der Waals surface area contributed by atoms with E-state index in [9.17, 15) is 14.0 Å². The topological polar surface area (TPSA) is 79.5 Å². The maximum absolute atomic E-state index is 13.1. The molecule has 1 atom stereocenters. The summed E-state index contributed by atoms with van der Waals surface area (Å²) in [4.78, 5) is 26.5. The second kappa shape index (κ2) is 10.3. The fourth-order valence-electron chi connectivity index (χ4n) is 2.88. The highest BCUT2D eigenvalue weighted by atomic mass is 32.2. The van der Waals surface area contributed by atoms with Gasteiger partial charge in [0.2, 0.25) is 5.91 Å². The van der Waals surface area contributed by atoms with Crippen molar-refractivity contribution < 1.29 is 18.7 Å². The van der Waals surface area contributed by atoms with E-state index >= 15 is 0 Å². The molecule has 0 radical (unpaired) electrons. The summed E-state index contributed by atoms with van der Waals surface area (Å²) in [5.74, 6) is -0.917. The maximum atomic E-state index is 13.1. The van der Waals surface area contributed by atoms with Gasteiger partial charge in [0.25, 0.3) is 5.91 Å². The minimum absolute atomic E-state index is 0.0151. The molecule has 0 bridgehead atoms. The number of hydrogen-bond donors (Lipinski definition) is 3. The maximum Gasteiger partial charge on any atom is 0.251 e. The zero-order valence-electron chi connectivity index (χ0n) is 17.9. The Morgan fingerprint density at radius 1 is 1.10 bits per heavy atom. The number of amides is 2. The van der Waals surface area contributed by atoms with Gasteiger partial charge in [-0.1, -0.05) is 0 Å². The van der Waals surface area contributed by atoms with Crippen LogP contribution in [0.1, 0.15) is 37.6 Å². The molecule has 0 aliphatic carbocycles. The number of anilines is 1. The van der Waals surface area contributed by atoms with Crippen molar-refractivity contribution in [1.29, 1.82) is 0 Å². The van der Waals surface area contributed by atoms with Crippen molar-refractivity contribution in [3.05, 3.63) is 59.9 Å². The lowest BCUT2D eigenvalue weighted by Crippen LogP contribution is -2.47. The highest BCUT2D eigenvalue weighted by Gasteiger charge is 2.29. The van der Waals surface area contributed by atoms with Gasteiger partial charge in [0.1, 0.15) is 11.9 Å². The summed E-state index contributed by atoms with van der Waals surface area (Å²) in [6, 6.07) is 12.0. The molecule has 31 heavy (non-hydrogen) atoms. The third-order valence-electron chi connectivity index (χ3n) is 4.60. The monoisotopic (exact) mass is 445 g/mol. The molecule has 3 N–H and O–H groups in total. The Kier molecular flexibility index (Phi) is 7.69. The van der Waals surface area contributed by atoms with Crippen LogP contribution in [0.5, 0.6) is 0 Å². The molecule has 8 heteroatoms. The van der Waals surface area contributed by atoms with Crippen molar-refractivity contribution in [2.45, 2.75) is 43.7 Å². The van der Waals surface area contributed by atoms with Gasteiger partial charge in [-0.2, -0.15) is 0 Å². The molecule has 6 nitrogen and oxygen atoms in total. The van der Waals surface area contributed by atoms with Gasteiger partial charge < -0.3 is 15.4 Å².